The van der Waals surface area contributed by atoms with Crippen LogP contribution in [0.3, 0.4) is 0 Å². The van der Waals surface area contributed by atoms with Gasteiger partial charge in [0.15, 0.2) is 0 Å². The average Bonchev–Trinajstić information content (AvgIpc) is 2.95. The first kappa shape index (κ1) is 22.2. The Balaban J connectivity index is 2.27. The molecule has 7 nitrogen and oxygen atoms in total. The van der Waals surface area contributed by atoms with E-state index in [1.165, 1.54) is 19.1 Å². The summed E-state index contributed by atoms with van der Waals surface area (Å²) in [4.78, 5) is 25.9. The standard InChI is InChI=1S/C19H23Cl2N3O4/c1-12-15(10-18(25)23(7-8-27-3)11-19(26)28-4)13(2)24(22-12)14-5-6-16(20)17(21)9-14/h5-6,9H,7-8,10-11H2,1-4H3. The minimum atomic E-state index is -0.482. The van der Waals surface area contributed by atoms with Gasteiger partial charge in [0.25, 0.3) is 0 Å². The molecule has 0 unspecified atom stereocenters. The summed E-state index contributed by atoms with van der Waals surface area (Å²) in [5.41, 5.74) is 3.08. The van der Waals surface area contributed by atoms with Crippen LogP contribution >= 0.6 is 23.2 Å². The molecule has 28 heavy (non-hydrogen) atoms. The summed E-state index contributed by atoms with van der Waals surface area (Å²) in [5, 5.41) is 5.41. The zero-order valence-corrected chi connectivity index (χ0v) is 17.8. The number of rotatable bonds is 8. The van der Waals surface area contributed by atoms with Gasteiger partial charge >= 0.3 is 5.97 Å². The van der Waals surface area contributed by atoms with Crippen LogP contribution in [0.2, 0.25) is 10.0 Å². The highest BCUT2D eigenvalue weighted by Gasteiger charge is 2.22. The summed E-state index contributed by atoms with van der Waals surface area (Å²) in [7, 11) is 2.83. The molecule has 0 radical (unpaired) electrons. The van der Waals surface area contributed by atoms with Crippen molar-refractivity contribution < 1.29 is 19.1 Å². The SMILES string of the molecule is COCCN(CC(=O)OC)C(=O)Cc1c(C)nn(-c2ccc(Cl)c(Cl)c2)c1C. The normalized spacial score (nSPS) is 10.8. The van der Waals surface area contributed by atoms with E-state index in [-0.39, 0.29) is 18.9 Å². The van der Waals surface area contributed by atoms with E-state index in [0.717, 1.165) is 22.6 Å². The van der Waals surface area contributed by atoms with Crippen molar-refractivity contribution in [3.05, 3.63) is 45.2 Å². The Hall–Kier alpha value is -2.09. The van der Waals surface area contributed by atoms with Crippen LogP contribution in [0, 0.1) is 13.8 Å². The Morgan fingerprint density at radius 1 is 1.18 bits per heavy atom. The predicted octanol–water partition coefficient (Wildman–Crippen LogP) is 2.99. The molecule has 0 aliphatic rings. The van der Waals surface area contributed by atoms with Gasteiger partial charge in [-0.2, -0.15) is 5.10 Å². The number of halogens is 2. The fourth-order valence-corrected chi connectivity index (χ4v) is 3.07. The maximum absolute atomic E-state index is 12.8. The van der Waals surface area contributed by atoms with Crippen LogP contribution in [0.25, 0.3) is 5.69 Å². The summed E-state index contributed by atoms with van der Waals surface area (Å²) >= 11 is 12.1. The van der Waals surface area contributed by atoms with Crippen LogP contribution in [0.4, 0.5) is 0 Å². The molecule has 152 valence electrons. The number of aryl methyl sites for hydroxylation is 1. The Bertz CT molecular complexity index is 867. The Labute approximate surface area is 174 Å². The molecule has 0 saturated heterocycles. The van der Waals surface area contributed by atoms with Crippen molar-refractivity contribution in [1.82, 2.24) is 14.7 Å². The maximum Gasteiger partial charge on any atom is 0.325 e. The highest BCUT2D eigenvalue weighted by atomic mass is 35.5. The summed E-state index contributed by atoms with van der Waals surface area (Å²) in [5.74, 6) is -0.688. The van der Waals surface area contributed by atoms with Gasteiger partial charge in [0.2, 0.25) is 5.91 Å². The molecular formula is C19H23Cl2N3O4. The molecule has 0 fully saturated rings. The second-order valence-electron chi connectivity index (χ2n) is 6.22. The van der Waals surface area contributed by atoms with Crippen molar-refractivity contribution in [2.45, 2.75) is 20.3 Å². The number of benzene rings is 1. The van der Waals surface area contributed by atoms with Gasteiger partial charge in [-0.15, -0.1) is 0 Å². The average molecular weight is 428 g/mol. The van der Waals surface area contributed by atoms with E-state index in [1.807, 2.05) is 13.8 Å². The quantitative estimate of drug-likeness (QED) is 0.605. The van der Waals surface area contributed by atoms with Gasteiger partial charge in [0, 0.05) is 24.9 Å². The van der Waals surface area contributed by atoms with Crippen LogP contribution in [-0.4, -0.2) is 60.5 Å². The van der Waals surface area contributed by atoms with Crippen LogP contribution < -0.4 is 0 Å². The molecule has 0 saturated carbocycles. The lowest BCUT2D eigenvalue weighted by molar-refractivity contribution is -0.147. The van der Waals surface area contributed by atoms with Gasteiger partial charge in [-0.3, -0.25) is 9.59 Å². The summed E-state index contributed by atoms with van der Waals surface area (Å²) in [6.07, 6.45) is 0.111. The third kappa shape index (κ3) is 5.25. The fraction of sp³-hybridized carbons (Fsp3) is 0.421. The molecule has 2 aromatic rings. The molecule has 0 aliphatic heterocycles. The van der Waals surface area contributed by atoms with Crippen molar-refractivity contribution in [2.75, 3.05) is 33.9 Å². The highest BCUT2D eigenvalue weighted by Crippen LogP contribution is 2.26. The number of hydrogen-bond acceptors (Lipinski definition) is 5. The number of ether oxygens (including phenoxy) is 2. The lowest BCUT2D eigenvalue weighted by Crippen LogP contribution is -2.39. The number of methoxy groups -OCH3 is 2. The van der Waals surface area contributed by atoms with Gasteiger partial charge in [-0.05, 0) is 32.0 Å². The second-order valence-corrected chi connectivity index (χ2v) is 7.03. The van der Waals surface area contributed by atoms with Gasteiger partial charge in [0.05, 0.1) is 41.6 Å². The van der Waals surface area contributed by atoms with Crippen LogP contribution in [-0.2, 0) is 25.5 Å². The molecule has 0 aliphatic carbocycles. The van der Waals surface area contributed by atoms with E-state index in [2.05, 4.69) is 9.84 Å². The zero-order valence-electron chi connectivity index (χ0n) is 16.3. The van der Waals surface area contributed by atoms with E-state index in [0.29, 0.717) is 23.2 Å². The van der Waals surface area contributed by atoms with E-state index >= 15 is 0 Å². The maximum atomic E-state index is 12.8. The number of carbonyl (C=O) groups excluding carboxylic acids is 2. The van der Waals surface area contributed by atoms with Crippen molar-refractivity contribution in [3.8, 4) is 5.69 Å². The van der Waals surface area contributed by atoms with Crippen LogP contribution in [0.1, 0.15) is 17.0 Å². The molecule has 1 amide bonds. The summed E-state index contributed by atoms with van der Waals surface area (Å²) < 4.78 is 11.4. The number of amides is 1. The number of hydrogen-bond donors (Lipinski definition) is 0. The van der Waals surface area contributed by atoms with Crippen molar-refractivity contribution in [3.63, 3.8) is 0 Å². The Morgan fingerprint density at radius 3 is 2.50 bits per heavy atom. The molecule has 9 heteroatoms. The third-order valence-corrected chi connectivity index (χ3v) is 5.12. The zero-order chi connectivity index (χ0) is 20.8. The second kappa shape index (κ2) is 9.91. The Morgan fingerprint density at radius 2 is 1.89 bits per heavy atom. The minimum absolute atomic E-state index is 0.111. The molecule has 2 rings (SSSR count). The molecule has 0 N–H and O–H groups in total. The first-order chi connectivity index (χ1) is 13.3. The van der Waals surface area contributed by atoms with Crippen LogP contribution in [0.5, 0.6) is 0 Å². The van der Waals surface area contributed by atoms with Gasteiger partial charge in [-0.25, -0.2) is 4.68 Å². The molecule has 0 atom stereocenters. The fourth-order valence-electron chi connectivity index (χ4n) is 2.78. The molecule has 1 aromatic carbocycles. The van der Waals surface area contributed by atoms with Crippen LogP contribution in [0.15, 0.2) is 18.2 Å². The minimum Gasteiger partial charge on any atom is -0.468 e. The van der Waals surface area contributed by atoms with E-state index in [9.17, 15) is 9.59 Å². The highest BCUT2D eigenvalue weighted by molar-refractivity contribution is 6.42. The van der Waals surface area contributed by atoms with Crippen molar-refractivity contribution in [1.29, 1.82) is 0 Å². The van der Waals surface area contributed by atoms with E-state index in [1.54, 1.807) is 22.9 Å². The molecule has 1 heterocycles. The largest absolute Gasteiger partial charge is 0.468 e. The smallest absolute Gasteiger partial charge is 0.325 e. The van der Waals surface area contributed by atoms with Crippen molar-refractivity contribution in [2.24, 2.45) is 0 Å². The lowest BCUT2D eigenvalue weighted by atomic mass is 10.1. The van der Waals surface area contributed by atoms with Crippen molar-refractivity contribution >= 4 is 35.1 Å². The van der Waals surface area contributed by atoms with E-state index < -0.39 is 5.97 Å². The predicted molar refractivity (Wildman–Crippen MR) is 107 cm³/mol. The first-order valence-electron chi connectivity index (χ1n) is 8.62. The van der Waals surface area contributed by atoms with Gasteiger partial charge < -0.3 is 14.4 Å². The monoisotopic (exact) mass is 427 g/mol. The summed E-state index contributed by atoms with van der Waals surface area (Å²) in [6, 6.07) is 5.22. The third-order valence-electron chi connectivity index (χ3n) is 4.38. The van der Waals surface area contributed by atoms with E-state index in [4.69, 9.17) is 27.9 Å². The topological polar surface area (TPSA) is 73.7 Å². The number of esters is 1. The molecular weight excluding hydrogens is 405 g/mol. The molecule has 0 spiro atoms. The molecule has 1 aromatic heterocycles. The van der Waals surface area contributed by atoms with Gasteiger partial charge in [-0.1, -0.05) is 23.2 Å². The van der Waals surface area contributed by atoms with Gasteiger partial charge in [0.1, 0.15) is 6.54 Å². The first-order valence-corrected chi connectivity index (χ1v) is 9.38. The number of carbonyl (C=O) groups is 2. The number of aromatic nitrogens is 2. The number of nitrogens with zero attached hydrogens (tertiary/aromatic N) is 3. The Kier molecular flexibility index (Phi) is 7.86. The molecule has 0 bridgehead atoms. The summed E-state index contributed by atoms with van der Waals surface area (Å²) in [6.45, 7) is 4.21. The lowest BCUT2D eigenvalue weighted by Gasteiger charge is -2.21.